The van der Waals surface area contributed by atoms with Crippen molar-refractivity contribution in [2.75, 3.05) is 5.32 Å². The van der Waals surface area contributed by atoms with E-state index >= 15 is 0 Å². The Bertz CT molecular complexity index is 524. The van der Waals surface area contributed by atoms with Crippen LogP contribution in [-0.2, 0) is 0 Å². The molecule has 0 fully saturated rings. The lowest BCUT2D eigenvalue weighted by atomic mass is 10.2. The van der Waals surface area contributed by atoms with Gasteiger partial charge >= 0.3 is 6.01 Å². The van der Waals surface area contributed by atoms with Gasteiger partial charge in [-0.25, -0.2) is 0 Å². The molecule has 1 heterocycles. The van der Waals surface area contributed by atoms with Crippen LogP contribution in [0.3, 0.4) is 0 Å². The molecule has 90 valence electrons. The van der Waals surface area contributed by atoms with Gasteiger partial charge in [-0.1, -0.05) is 22.8 Å². The minimum atomic E-state index is -0.279. The van der Waals surface area contributed by atoms with Crippen molar-refractivity contribution in [2.45, 2.75) is 19.9 Å². The van der Waals surface area contributed by atoms with Crippen molar-refractivity contribution < 1.29 is 4.42 Å². The molecular weight excluding hydrogens is 240 g/mol. The lowest BCUT2D eigenvalue weighted by Crippen LogP contribution is -2.04. The maximum absolute atomic E-state index is 6.01. The summed E-state index contributed by atoms with van der Waals surface area (Å²) in [5.41, 5.74) is 7.39. The maximum atomic E-state index is 6.01. The van der Waals surface area contributed by atoms with Crippen molar-refractivity contribution in [1.82, 2.24) is 10.2 Å². The lowest BCUT2D eigenvalue weighted by molar-refractivity contribution is 0.475. The van der Waals surface area contributed by atoms with E-state index in [4.69, 9.17) is 21.8 Å². The largest absolute Gasteiger partial charge is 0.406 e. The zero-order valence-electron chi connectivity index (χ0n) is 9.57. The zero-order valence-corrected chi connectivity index (χ0v) is 10.3. The Hall–Kier alpha value is -1.59. The van der Waals surface area contributed by atoms with Crippen LogP contribution < -0.4 is 11.1 Å². The summed E-state index contributed by atoms with van der Waals surface area (Å²) >= 11 is 6.01. The van der Waals surface area contributed by atoms with Gasteiger partial charge in [0.25, 0.3) is 0 Å². The lowest BCUT2D eigenvalue weighted by Gasteiger charge is -2.06. The molecule has 1 unspecified atom stereocenters. The molecule has 0 spiro atoms. The van der Waals surface area contributed by atoms with Gasteiger partial charge in [-0.15, -0.1) is 5.10 Å². The van der Waals surface area contributed by atoms with Crippen LogP contribution in [0.1, 0.15) is 24.4 Å². The Morgan fingerprint density at radius 1 is 1.41 bits per heavy atom. The number of benzene rings is 1. The van der Waals surface area contributed by atoms with Gasteiger partial charge in [0.05, 0.1) is 6.04 Å². The van der Waals surface area contributed by atoms with E-state index in [0.717, 1.165) is 11.3 Å². The normalized spacial score (nSPS) is 12.5. The van der Waals surface area contributed by atoms with E-state index in [1.165, 1.54) is 0 Å². The fourth-order valence-electron chi connectivity index (χ4n) is 1.33. The average Bonchev–Trinajstić information content (AvgIpc) is 2.73. The van der Waals surface area contributed by atoms with Crippen LogP contribution in [0.15, 0.2) is 22.6 Å². The summed E-state index contributed by atoms with van der Waals surface area (Å²) in [5, 5.41) is 11.4. The number of nitrogens with zero attached hydrogens (tertiary/aromatic N) is 2. The minimum Gasteiger partial charge on any atom is -0.406 e. The Morgan fingerprint density at radius 2 is 2.18 bits per heavy atom. The summed E-state index contributed by atoms with van der Waals surface area (Å²) in [6, 6.07) is 5.59. The van der Waals surface area contributed by atoms with E-state index in [1.807, 2.05) is 25.1 Å². The summed E-state index contributed by atoms with van der Waals surface area (Å²) in [7, 11) is 0. The van der Waals surface area contributed by atoms with Crippen molar-refractivity contribution in [3.63, 3.8) is 0 Å². The molecule has 0 bridgehead atoms. The van der Waals surface area contributed by atoms with Crippen LogP contribution in [0.25, 0.3) is 0 Å². The first kappa shape index (κ1) is 11.9. The second kappa shape index (κ2) is 4.73. The van der Waals surface area contributed by atoms with Gasteiger partial charge < -0.3 is 15.5 Å². The van der Waals surface area contributed by atoms with E-state index in [0.29, 0.717) is 16.9 Å². The molecule has 1 atom stereocenters. The number of hydrogen-bond acceptors (Lipinski definition) is 5. The third-order valence-electron chi connectivity index (χ3n) is 2.34. The topological polar surface area (TPSA) is 77.0 Å². The van der Waals surface area contributed by atoms with E-state index in [1.54, 1.807) is 6.92 Å². The van der Waals surface area contributed by atoms with E-state index < -0.39 is 0 Å². The van der Waals surface area contributed by atoms with Crippen LogP contribution in [-0.4, -0.2) is 10.2 Å². The number of nitrogens with one attached hydrogen (secondary N) is 1. The Balaban J connectivity index is 2.22. The SMILES string of the molecule is Cc1c(Cl)cccc1Nc1nnc(C(C)N)o1. The second-order valence-electron chi connectivity index (χ2n) is 3.77. The molecule has 3 N–H and O–H groups in total. The fourth-order valence-corrected chi connectivity index (χ4v) is 1.50. The molecule has 2 aromatic rings. The molecule has 0 saturated carbocycles. The fraction of sp³-hybridized carbons (Fsp3) is 0.273. The highest BCUT2D eigenvalue weighted by Crippen LogP contribution is 2.25. The molecular formula is C11H13ClN4O. The third-order valence-corrected chi connectivity index (χ3v) is 2.75. The number of aromatic nitrogens is 2. The Kier molecular flexibility index (Phi) is 3.31. The van der Waals surface area contributed by atoms with Gasteiger partial charge in [-0.05, 0) is 31.5 Å². The van der Waals surface area contributed by atoms with Gasteiger partial charge in [-0.3, -0.25) is 0 Å². The van der Waals surface area contributed by atoms with Gasteiger partial charge in [-0.2, -0.15) is 0 Å². The smallest absolute Gasteiger partial charge is 0.320 e. The molecule has 0 amide bonds. The molecule has 0 saturated heterocycles. The van der Waals surface area contributed by atoms with Crippen LogP contribution in [0, 0.1) is 6.92 Å². The minimum absolute atomic E-state index is 0.279. The number of hydrogen-bond donors (Lipinski definition) is 2. The number of nitrogens with two attached hydrogens (primary N) is 1. The van der Waals surface area contributed by atoms with Crippen molar-refractivity contribution in [3.8, 4) is 0 Å². The second-order valence-corrected chi connectivity index (χ2v) is 4.18. The van der Waals surface area contributed by atoms with Crippen molar-refractivity contribution in [2.24, 2.45) is 5.73 Å². The van der Waals surface area contributed by atoms with Crippen LogP contribution >= 0.6 is 11.6 Å². The number of rotatable bonds is 3. The molecule has 0 radical (unpaired) electrons. The van der Waals surface area contributed by atoms with Crippen LogP contribution in [0.5, 0.6) is 0 Å². The summed E-state index contributed by atoms with van der Waals surface area (Å²) in [6.45, 7) is 3.69. The van der Waals surface area contributed by atoms with Gasteiger partial charge in [0.2, 0.25) is 5.89 Å². The Morgan fingerprint density at radius 3 is 2.82 bits per heavy atom. The van der Waals surface area contributed by atoms with Crippen LogP contribution in [0.2, 0.25) is 5.02 Å². The predicted octanol–water partition coefficient (Wildman–Crippen LogP) is 2.79. The van der Waals surface area contributed by atoms with Crippen molar-refractivity contribution in [1.29, 1.82) is 0 Å². The molecule has 1 aromatic heterocycles. The summed E-state index contributed by atoms with van der Waals surface area (Å²) in [6.07, 6.45) is 0. The molecule has 1 aromatic carbocycles. The summed E-state index contributed by atoms with van der Waals surface area (Å²) in [5.74, 6) is 0.396. The van der Waals surface area contributed by atoms with E-state index in [9.17, 15) is 0 Å². The highest BCUT2D eigenvalue weighted by molar-refractivity contribution is 6.31. The quantitative estimate of drug-likeness (QED) is 0.878. The predicted molar refractivity (Wildman–Crippen MR) is 66.4 cm³/mol. The van der Waals surface area contributed by atoms with E-state index in [-0.39, 0.29) is 6.04 Å². The summed E-state index contributed by atoms with van der Waals surface area (Å²) in [4.78, 5) is 0. The van der Waals surface area contributed by atoms with Crippen molar-refractivity contribution in [3.05, 3.63) is 34.7 Å². The van der Waals surface area contributed by atoms with Crippen LogP contribution in [0.4, 0.5) is 11.7 Å². The highest BCUT2D eigenvalue weighted by atomic mass is 35.5. The molecule has 6 heteroatoms. The maximum Gasteiger partial charge on any atom is 0.320 e. The molecule has 0 aliphatic rings. The molecule has 17 heavy (non-hydrogen) atoms. The first-order valence-electron chi connectivity index (χ1n) is 5.19. The van der Waals surface area contributed by atoms with Gasteiger partial charge in [0, 0.05) is 10.7 Å². The Labute approximate surface area is 104 Å². The monoisotopic (exact) mass is 252 g/mol. The number of anilines is 2. The highest BCUT2D eigenvalue weighted by Gasteiger charge is 2.11. The molecule has 5 nitrogen and oxygen atoms in total. The zero-order chi connectivity index (χ0) is 12.4. The molecule has 0 aliphatic heterocycles. The first-order valence-corrected chi connectivity index (χ1v) is 5.57. The average molecular weight is 253 g/mol. The van der Waals surface area contributed by atoms with Crippen molar-refractivity contribution >= 4 is 23.3 Å². The molecule has 0 aliphatic carbocycles. The molecule has 2 rings (SSSR count). The van der Waals surface area contributed by atoms with Gasteiger partial charge in [0.15, 0.2) is 0 Å². The standard InChI is InChI=1S/C11H13ClN4O/c1-6-8(12)4-3-5-9(6)14-11-16-15-10(17-11)7(2)13/h3-5,7H,13H2,1-2H3,(H,14,16). The van der Waals surface area contributed by atoms with E-state index in [2.05, 4.69) is 15.5 Å². The number of halogens is 1. The first-order chi connectivity index (χ1) is 8.08. The summed E-state index contributed by atoms with van der Waals surface area (Å²) < 4.78 is 5.34. The third kappa shape index (κ3) is 2.57. The van der Waals surface area contributed by atoms with Gasteiger partial charge in [0.1, 0.15) is 0 Å².